The van der Waals surface area contributed by atoms with Gasteiger partial charge in [0, 0.05) is 11.6 Å². The minimum absolute atomic E-state index is 0.0262. The first kappa shape index (κ1) is 21.0. The van der Waals surface area contributed by atoms with Gasteiger partial charge in [0.05, 0.1) is 34.1 Å². The predicted molar refractivity (Wildman–Crippen MR) is 134 cm³/mol. The molecule has 3 saturated heterocycles. The van der Waals surface area contributed by atoms with Gasteiger partial charge in [0.25, 0.3) is 5.56 Å². The Kier molecular flexibility index (Phi) is 3.96. The number of nitrogens with zero attached hydrogens (tertiary/aromatic N) is 4. The molecule has 8 heteroatoms. The SMILES string of the molecule is O=C1[C@@H]2[C@@H]3CCCN3[C@]3(c4ccccc4-n4c3nc3ccccc3c4=O)[C@H]2C(=O)N1c1ccccc1F. The maximum atomic E-state index is 14.9. The number of hydrogen-bond acceptors (Lipinski definition) is 5. The molecular formula is C29H21FN4O3. The molecule has 8 rings (SSSR count). The van der Waals surface area contributed by atoms with Crippen LogP contribution in [0.25, 0.3) is 16.6 Å². The molecule has 0 N–H and O–H groups in total. The molecule has 0 saturated carbocycles. The summed E-state index contributed by atoms with van der Waals surface area (Å²) >= 11 is 0. The quantitative estimate of drug-likeness (QED) is 0.381. The van der Waals surface area contributed by atoms with Crippen molar-refractivity contribution in [2.75, 3.05) is 11.4 Å². The number of para-hydroxylation sites is 3. The lowest BCUT2D eigenvalue weighted by Gasteiger charge is -2.38. The third-order valence-electron chi connectivity index (χ3n) is 8.73. The highest BCUT2D eigenvalue weighted by Gasteiger charge is 2.73. The molecule has 0 bridgehead atoms. The van der Waals surface area contributed by atoms with Crippen molar-refractivity contribution in [1.82, 2.24) is 14.5 Å². The van der Waals surface area contributed by atoms with Gasteiger partial charge in [-0.25, -0.2) is 14.3 Å². The second-order valence-corrected chi connectivity index (χ2v) is 10.2. The van der Waals surface area contributed by atoms with Crippen molar-refractivity contribution in [3.8, 4) is 5.69 Å². The van der Waals surface area contributed by atoms with E-state index in [1.807, 2.05) is 36.4 Å². The Morgan fingerprint density at radius 1 is 0.865 bits per heavy atom. The van der Waals surface area contributed by atoms with Crippen LogP contribution < -0.4 is 10.5 Å². The summed E-state index contributed by atoms with van der Waals surface area (Å²) in [4.78, 5) is 50.4. The second-order valence-electron chi connectivity index (χ2n) is 10.2. The summed E-state index contributed by atoms with van der Waals surface area (Å²) in [5.74, 6) is -2.46. The van der Waals surface area contributed by atoms with E-state index >= 15 is 0 Å². The monoisotopic (exact) mass is 492 g/mol. The molecule has 7 nitrogen and oxygen atoms in total. The Bertz CT molecular complexity index is 1750. The van der Waals surface area contributed by atoms with Gasteiger partial charge in [0.15, 0.2) is 0 Å². The molecule has 4 atom stereocenters. The summed E-state index contributed by atoms with van der Waals surface area (Å²) < 4.78 is 16.5. The van der Waals surface area contributed by atoms with Gasteiger partial charge < -0.3 is 0 Å². The van der Waals surface area contributed by atoms with E-state index in [9.17, 15) is 18.8 Å². The Balaban J connectivity index is 1.46. The van der Waals surface area contributed by atoms with Crippen molar-refractivity contribution >= 4 is 28.4 Å². The molecule has 5 heterocycles. The number of fused-ring (bicyclic) bond motifs is 11. The largest absolute Gasteiger partial charge is 0.283 e. The summed E-state index contributed by atoms with van der Waals surface area (Å²) in [7, 11) is 0. The van der Waals surface area contributed by atoms with Crippen LogP contribution in [0.5, 0.6) is 0 Å². The minimum Gasteiger partial charge on any atom is -0.283 e. The maximum absolute atomic E-state index is 14.9. The lowest BCUT2D eigenvalue weighted by molar-refractivity contribution is -0.124. The average molecular weight is 493 g/mol. The number of carbonyl (C=O) groups excluding carboxylic acids is 2. The van der Waals surface area contributed by atoms with Gasteiger partial charge in [-0.15, -0.1) is 0 Å². The third-order valence-corrected chi connectivity index (χ3v) is 8.73. The summed E-state index contributed by atoms with van der Waals surface area (Å²) in [6.45, 7) is 0.676. The molecule has 1 spiro atoms. The van der Waals surface area contributed by atoms with Crippen molar-refractivity contribution < 1.29 is 14.0 Å². The molecule has 37 heavy (non-hydrogen) atoms. The van der Waals surface area contributed by atoms with Gasteiger partial charge in [-0.2, -0.15) is 0 Å². The number of benzene rings is 3. The van der Waals surface area contributed by atoms with Gasteiger partial charge in [-0.05, 0) is 49.7 Å². The van der Waals surface area contributed by atoms with Crippen LogP contribution in [0.1, 0.15) is 24.2 Å². The Morgan fingerprint density at radius 3 is 2.43 bits per heavy atom. The Morgan fingerprint density at radius 2 is 1.59 bits per heavy atom. The summed E-state index contributed by atoms with van der Waals surface area (Å²) in [5, 5.41) is 0.493. The predicted octanol–water partition coefficient (Wildman–Crippen LogP) is 3.37. The normalized spacial score (nSPS) is 27.7. The van der Waals surface area contributed by atoms with Crippen molar-refractivity contribution in [3.05, 3.63) is 100 Å². The lowest BCUT2D eigenvalue weighted by atomic mass is 9.75. The van der Waals surface area contributed by atoms with Crippen LogP contribution in [0.4, 0.5) is 10.1 Å². The van der Waals surface area contributed by atoms with E-state index in [1.54, 1.807) is 22.8 Å². The standard InChI is InChI=1S/C29H21FN4O3/c30-18-10-3-6-13-21(18)33-26(36)23-22-14-7-15-32(22)29(24(23)27(33)37)17-9-2-5-12-20(17)34-25(35)16-8-1-4-11-19(16)31-28(29)34/h1-6,8-13,22-24H,7,14-15H2/t22-,23+,24+,29+/m0/s1. The van der Waals surface area contributed by atoms with E-state index in [-0.39, 0.29) is 23.2 Å². The number of aromatic nitrogens is 2. The molecule has 1 aromatic heterocycles. The molecule has 2 amide bonds. The van der Waals surface area contributed by atoms with E-state index < -0.39 is 29.1 Å². The van der Waals surface area contributed by atoms with Crippen LogP contribution in [0, 0.1) is 17.7 Å². The fourth-order valence-electron chi connectivity index (χ4n) is 7.48. The zero-order valence-electron chi connectivity index (χ0n) is 19.7. The zero-order valence-corrected chi connectivity index (χ0v) is 19.7. The second kappa shape index (κ2) is 6.98. The van der Waals surface area contributed by atoms with Gasteiger partial charge in [-0.3, -0.25) is 23.9 Å². The molecule has 0 aliphatic carbocycles. The van der Waals surface area contributed by atoms with E-state index in [2.05, 4.69) is 4.90 Å². The molecule has 4 aliphatic rings. The molecule has 3 fully saturated rings. The average Bonchev–Trinajstić information content (AvgIpc) is 3.62. The summed E-state index contributed by atoms with van der Waals surface area (Å²) in [6.07, 6.45) is 1.60. The van der Waals surface area contributed by atoms with Crippen LogP contribution >= 0.6 is 0 Å². The number of rotatable bonds is 1. The molecule has 182 valence electrons. The van der Waals surface area contributed by atoms with Crippen molar-refractivity contribution in [1.29, 1.82) is 0 Å². The van der Waals surface area contributed by atoms with Gasteiger partial charge in [0.2, 0.25) is 11.8 Å². The highest BCUT2D eigenvalue weighted by molar-refractivity contribution is 6.23. The smallest absolute Gasteiger partial charge is 0.266 e. The molecule has 4 aliphatic heterocycles. The number of hydrogen-bond donors (Lipinski definition) is 0. The maximum Gasteiger partial charge on any atom is 0.266 e. The van der Waals surface area contributed by atoms with Gasteiger partial charge in [-0.1, -0.05) is 42.5 Å². The van der Waals surface area contributed by atoms with E-state index in [0.29, 0.717) is 29.0 Å². The van der Waals surface area contributed by atoms with Gasteiger partial charge >= 0.3 is 0 Å². The molecule has 4 aromatic rings. The fourth-order valence-corrected chi connectivity index (χ4v) is 7.48. The van der Waals surface area contributed by atoms with E-state index in [1.165, 1.54) is 18.2 Å². The van der Waals surface area contributed by atoms with Crippen LogP contribution in [-0.4, -0.2) is 38.9 Å². The minimum atomic E-state index is -1.10. The number of amides is 2. The fraction of sp³-hybridized carbons (Fsp3) is 0.241. The van der Waals surface area contributed by atoms with Crippen LogP contribution in [0.15, 0.2) is 77.6 Å². The third kappa shape index (κ3) is 2.31. The van der Waals surface area contributed by atoms with Crippen LogP contribution in [0.2, 0.25) is 0 Å². The first-order valence-electron chi connectivity index (χ1n) is 12.6. The summed E-state index contributed by atoms with van der Waals surface area (Å²) in [6, 6.07) is 20.5. The number of halogens is 1. The van der Waals surface area contributed by atoms with Gasteiger partial charge in [0.1, 0.15) is 17.2 Å². The molecule has 0 unspecified atom stereocenters. The zero-order chi connectivity index (χ0) is 25.1. The Labute approximate surface area is 210 Å². The first-order valence-corrected chi connectivity index (χ1v) is 12.6. The van der Waals surface area contributed by atoms with E-state index in [0.717, 1.165) is 23.3 Å². The van der Waals surface area contributed by atoms with Crippen LogP contribution in [-0.2, 0) is 15.1 Å². The van der Waals surface area contributed by atoms with Crippen molar-refractivity contribution in [2.45, 2.75) is 24.4 Å². The van der Waals surface area contributed by atoms with Crippen molar-refractivity contribution in [3.63, 3.8) is 0 Å². The first-order chi connectivity index (χ1) is 18.0. The number of carbonyl (C=O) groups is 2. The number of imide groups is 1. The molecule has 3 aromatic carbocycles. The topological polar surface area (TPSA) is 75.5 Å². The summed E-state index contributed by atoms with van der Waals surface area (Å²) in [5.41, 5.74) is 0.696. The highest BCUT2D eigenvalue weighted by Crippen LogP contribution is 2.62. The molecule has 0 radical (unpaired) electrons. The van der Waals surface area contributed by atoms with Crippen molar-refractivity contribution in [2.24, 2.45) is 11.8 Å². The molecular weight excluding hydrogens is 471 g/mol. The number of anilines is 1. The Hall–Kier alpha value is -4.17. The highest BCUT2D eigenvalue weighted by atomic mass is 19.1. The lowest BCUT2D eigenvalue weighted by Crippen LogP contribution is -2.51. The van der Waals surface area contributed by atoms with E-state index in [4.69, 9.17) is 4.98 Å². The van der Waals surface area contributed by atoms with Crippen LogP contribution in [0.3, 0.4) is 0 Å².